The summed E-state index contributed by atoms with van der Waals surface area (Å²) in [6.07, 6.45) is 4.19. The molecule has 4 heteroatoms. The van der Waals surface area contributed by atoms with Crippen LogP contribution in [0.4, 0.5) is 5.82 Å². The highest BCUT2D eigenvalue weighted by atomic mass is 15.2. The van der Waals surface area contributed by atoms with Gasteiger partial charge in [-0.1, -0.05) is 18.2 Å². The Labute approximate surface area is 91.6 Å². The SMILES string of the molecule is C1=Cc2[nH]c3nc4ccccc4n3c2NC1. The summed E-state index contributed by atoms with van der Waals surface area (Å²) in [5.41, 5.74) is 3.25. The van der Waals surface area contributed by atoms with E-state index in [4.69, 9.17) is 0 Å². The average Bonchev–Trinajstić information content (AvgIpc) is 2.83. The lowest BCUT2D eigenvalue weighted by atomic mass is 10.3. The fraction of sp³-hybridized carbons (Fsp3) is 0.0833. The first-order valence-electron chi connectivity index (χ1n) is 5.33. The average molecular weight is 210 g/mol. The quantitative estimate of drug-likeness (QED) is 0.597. The molecule has 1 aliphatic heterocycles. The lowest BCUT2D eigenvalue weighted by Gasteiger charge is -2.08. The third-order valence-corrected chi connectivity index (χ3v) is 2.96. The molecule has 3 aromatic rings. The normalized spacial score (nSPS) is 14.2. The number of H-pyrrole nitrogens is 1. The summed E-state index contributed by atoms with van der Waals surface area (Å²) < 4.78 is 2.13. The van der Waals surface area contributed by atoms with E-state index in [9.17, 15) is 0 Å². The number of hydrogen-bond donors (Lipinski definition) is 2. The molecule has 1 aromatic carbocycles. The Morgan fingerprint density at radius 3 is 3.19 bits per heavy atom. The topological polar surface area (TPSA) is 45.1 Å². The van der Waals surface area contributed by atoms with Crippen molar-refractivity contribution in [1.29, 1.82) is 0 Å². The van der Waals surface area contributed by atoms with Crippen LogP contribution in [0.5, 0.6) is 0 Å². The Balaban J connectivity index is 2.23. The number of aromatic amines is 1. The molecule has 0 saturated carbocycles. The molecule has 0 unspecified atom stereocenters. The summed E-state index contributed by atoms with van der Waals surface area (Å²) in [4.78, 5) is 7.86. The fourth-order valence-electron chi connectivity index (χ4n) is 2.26. The summed E-state index contributed by atoms with van der Waals surface area (Å²) in [7, 11) is 0. The minimum Gasteiger partial charge on any atom is -0.366 e. The van der Waals surface area contributed by atoms with Gasteiger partial charge in [0.05, 0.1) is 16.7 Å². The molecule has 0 atom stereocenters. The van der Waals surface area contributed by atoms with E-state index in [0.29, 0.717) is 0 Å². The first kappa shape index (κ1) is 7.98. The number of nitrogens with one attached hydrogen (secondary N) is 2. The third-order valence-electron chi connectivity index (χ3n) is 2.96. The van der Waals surface area contributed by atoms with Crippen LogP contribution in [0, 0.1) is 0 Å². The van der Waals surface area contributed by atoms with Crippen LogP contribution in [0.15, 0.2) is 30.3 Å². The first-order valence-corrected chi connectivity index (χ1v) is 5.33. The zero-order chi connectivity index (χ0) is 10.5. The van der Waals surface area contributed by atoms with Crippen LogP contribution in [0.3, 0.4) is 0 Å². The third kappa shape index (κ3) is 0.863. The van der Waals surface area contributed by atoms with Gasteiger partial charge in [0.15, 0.2) is 0 Å². The van der Waals surface area contributed by atoms with Crippen LogP contribution in [-0.4, -0.2) is 20.9 Å². The van der Waals surface area contributed by atoms with E-state index < -0.39 is 0 Å². The second-order valence-corrected chi connectivity index (χ2v) is 3.93. The van der Waals surface area contributed by atoms with E-state index in [0.717, 1.165) is 34.9 Å². The van der Waals surface area contributed by atoms with Crippen molar-refractivity contribution in [2.45, 2.75) is 0 Å². The van der Waals surface area contributed by atoms with Gasteiger partial charge in [0.2, 0.25) is 5.78 Å². The van der Waals surface area contributed by atoms with Crippen molar-refractivity contribution in [1.82, 2.24) is 14.4 Å². The van der Waals surface area contributed by atoms with Gasteiger partial charge < -0.3 is 10.3 Å². The van der Waals surface area contributed by atoms with Gasteiger partial charge in [-0.3, -0.25) is 4.40 Å². The number of hydrogen-bond acceptors (Lipinski definition) is 2. The van der Waals surface area contributed by atoms with E-state index in [1.807, 2.05) is 18.2 Å². The van der Waals surface area contributed by atoms with Gasteiger partial charge >= 0.3 is 0 Å². The van der Waals surface area contributed by atoms with Crippen molar-refractivity contribution in [2.75, 3.05) is 11.9 Å². The van der Waals surface area contributed by atoms with Crippen molar-refractivity contribution in [3.63, 3.8) is 0 Å². The standard InChI is InChI=1S/C12H10N4/c1-2-6-10-8(4-1)14-12-15-9-5-3-7-13-11(9)16(10)12/h1-6,13H,7H2,(H,14,15). The number of para-hydroxylation sites is 2. The van der Waals surface area contributed by atoms with E-state index in [-0.39, 0.29) is 0 Å². The molecule has 78 valence electrons. The molecule has 0 spiro atoms. The minimum absolute atomic E-state index is 0.868. The summed E-state index contributed by atoms with van der Waals surface area (Å²) in [5, 5.41) is 3.37. The number of aromatic nitrogens is 3. The van der Waals surface area contributed by atoms with Gasteiger partial charge in [-0.15, -0.1) is 0 Å². The first-order chi connectivity index (χ1) is 7.93. The van der Waals surface area contributed by atoms with Gasteiger partial charge in [-0.25, -0.2) is 4.98 Å². The predicted molar refractivity (Wildman–Crippen MR) is 64.6 cm³/mol. The molecular formula is C12H10N4. The molecule has 0 amide bonds. The monoisotopic (exact) mass is 210 g/mol. The van der Waals surface area contributed by atoms with Crippen LogP contribution in [0.2, 0.25) is 0 Å². The molecule has 4 rings (SSSR count). The van der Waals surface area contributed by atoms with Crippen molar-refractivity contribution < 1.29 is 0 Å². The smallest absolute Gasteiger partial charge is 0.214 e. The van der Waals surface area contributed by atoms with E-state index in [1.165, 1.54) is 0 Å². The van der Waals surface area contributed by atoms with Gasteiger partial charge in [-0.05, 0) is 18.2 Å². The van der Waals surface area contributed by atoms with Crippen molar-refractivity contribution >= 4 is 28.7 Å². The fourth-order valence-corrected chi connectivity index (χ4v) is 2.26. The summed E-state index contributed by atoms with van der Waals surface area (Å²) >= 11 is 0. The molecule has 4 nitrogen and oxygen atoms in total. The zero-order valence-electron chi connectivity index (χ0n) is 8.57. The zero-order valence-corrected chi connectivity index (χ0v) is 8.57. The second-order valence-electron chi connectivity index (χ2n) is 3.93. The molecule has 0 fully saturated rings. The molecule has 2 N–H and O–H groups in total. The molecule has 1 aliphatic rings. The minimum atomic E-state index is 0.868. The molecule has 3 heterocycles. The van der Waals surface area contributed by atoms with E-state index >= 15 is 0 Å². The number of nitrogens with zero attached hydrogens (tertiary/aromatic N) is 2. The molecule has 0 radical (unpaired) electrons. The van der Waals surface area contributed by atoms with Crippen LogP contribution in [0.1, 0.15) is 5.69 Å². The van der Waals surface area contributed by atoms with Crippen LogP contribution >= 0.6 is 0 Å². The maximum absolute atomic E-state index is 4.55. The number of anilines is 1. The van der Waals surface area contributed by atoms with Crippen molar-refractivity contribution in [3.05, 3.63) is 36.0 Å². The van der Waals surface area contributed by atoms with Crippen LogP contribution < -0.4 is 5.32 Å². The van der Waals surface area contributed by atoms with Gasteiger partial charge in [0.25, 0.3) is 0 Å². The van der Waals surface area contributed by atoms with Gasteiger partial charge in [0.1, 0.15) is 5.82 Å². The van der Waals surface area contributed by atoms with Crippen LogP contribution in [-0.2, 0) is 0 Å². The predicted octanol–water partition coefficient (Wildman–Crippen LogP) is 2.25. The van der Waals surface area contributed by atoms with Crippen molar-refractivity contribution in [3.8, 4) is 0 Å². The number of fused-ring (bicyclic) bond motifs is 5. The molecule has 16 heavy (non-hydrogen) atoms. The van der Waals surface area contributed by atoms with Crippen LogP contribution in [0.25, 0.3) is 22.9 Å². The van der Waals surface area contributed by atoms with Crippen molar-refractivity contribution in [2.24, 2.45) is 0 Å². The van der Waals surface area contributed by atoms with E-state index in [2.05, 4.69) is 37.9 Å². The Morgan fingerprint density at radius 1 is 1.25 bits per heavy atom. The van der Waals surface area contributed by atoms with Gasteiger partial charge in [0, 0.05) is 6.54 Å². The Bertz CT molecular complexity index is 717. The highest BCUT2D eigenvalue weighted by Crippen LogP contribution is 2.26. The number of imidazole rings is 2. The molecule has 0 saturated heterocycles. The van der Waals surface area contributed by atoms with Gasteiger partial charge in [-0.2, -0.15) is 0 Å². The summed E-state index contributed by atoms with van der Waals surface area (Å²) in [6, 6.07) is 8.16. The maximum Gasteiger partial charge on any atom is 0.214 e. The highest BCUT2D eigenvalue weighted by Gasteiger charge is 2.15. The molecule has 0 aliphatic carbocycles. The second kappa shape index (κ2) is 2.66. The molecule has 2 aromatic heterocycles. The Kier molecular flexibility index (Phi) is 1.33. The highest BCUT2D eigenvalue weighted by molar-refractivity contribution is 5.84. The lowest BCUT2D eigenvalue weighted by molar-refractivity contribution is 1.19. The summed E-state index contributed by atoms with van der Waals surface area (Å²) in [6.45, 7) is 0.868. The Morgan fingerprint density at radius 2 is 2.19 bits per heavy atom. The number of benzene rings is 1. The molecule has 0 bridgehead atoms. The maximum atomic E-state index is 4.55. The largest absolute Gasteiger partial charge is 0.366 e. The Hall–Kier alpha value is -2.23. The number of rotatable bonds is 0. The summed E-state index contributed by atoms with van der Waals surface area (Å²) in [5.74, 6) is 2.00. The molecular weight excluding hydrogens is 200 g/mol. The van der Waals surface area contributed by atoms with E-state index in [1.54, 1.807) is 0 Å². The lowest BCUT2D eigenvalue weighted by Crippen LogP contribution is -2.05.